The Morgan fingerprint density at radius 3 is 1.41 bits per heavy atom. The molecule has 0 aliphatic heterocycles. The quantitative estimate of drug-likeness (QED) is 0.328. The van der Waals surface area contributed by atoms with Crippen LogP contribution < -0.4 is 10.6 Å². The topological polar surface area (TPSA) is 20.2 Å². The van der Waals surface area contributed by atoms with E-state index >= 15 is 0 Å². The largest absolute Gasteiger partial charge is 0.241 e. The number of unbranched alkanes of at least 4 members (excludes halogenated alkanes) is 8. The molecule has 27 heavy (non-hydrogen) atoms. The zero-order chi connectivity index (χ0) is 19.5. The lowest BCUT2D eigenvalue weighted by atomic mass is 10.1. The predicted molar refractivity (Wildman–Crippen MR) is 113 cm³/mol. The van der Waals surface area contributed by atoms with Crippen LogP contribution in [-0.2, 0) is 0 Å². The highest BCUT2D eigenvalue weighted by Gasteiger charge is 2.40. The summed E-state index contributed by atoms with van der Waals surface area (Å²) < 4.78 is 26.6. The molecule has 1 nitrogen and oxygen atoms in total. The van der Waals surface area contributed by atoms with Gasteiger partial charge in [-0.3, -0.25) is 0 Å². The second kappa shape index (κ2) is 11.5. The molecule has 0 fully saturated rings. The zero-order valence-corrected chi connectivity index (χ0v) is 17.2. The van der Waals surface area contributed by atoms with Gasteiger partial charge in [-0.15, -0.1) is 0 Å². The van der Waals surface area contributed by atoms with Crippen molar-refractivity contribution in [2.45, 2.75) is 64.7 Å². The van der Waals surface area contributed by atoms with Crippen molar-refractivity contribution in [1.29, 1.82) is 0 Å². The first kappa shape index (κ1) is 22.0. The molecular weight excluding hydrogens is 361 g/mol. The van der Waals surface area contributed by atoms with Gasteiger partial charge in [0.25, 0.3) is 0 Å². The molecule has 0 saturated carbocycles. The van der Waals surface area contributed by atoms with Gasteiger partial charge in [0.15, 0.2) is 0 Å². The average Bonchev–Trinajstić information content (AvgIpc) is 2.67. The van der Waals surface area contributed by atoms with Crippen molar-refractivity contribution in [1.82, 2.24) is 0 Å². The van der Waals surface area contributed by atoms with Gasteiger partial charge in [0.1, 0.15) is 22.2 Å². The summed E-state index contributed by atoms with van der Waals surface area (Å²) in [5.74, 6) is -0.625. The van der Waals surface area contributed by atoms with E-state index in [-0.39, 0.29) is 11.6 Å². The van der Waals surface area contributed by atoms with Crippen molar-refractivity contribution in [2.24, 2.45) is 0 Å². The highest BCUT2D eigenvalue weighted by atomic mass is 31.2. The summed E-state index contributed by atoms with van der Waals surface area (Å²) in [6, 6.07) is 12.2. The van der Waals surface area contributed by atoms with Crippen LogP contribution in [-0.4, -0.2) is 11.1 Å². The van der Waals surface area contributed by atoms with E-state index in [0.717, 1.165) is 23.5 Å². The number of benzene rings is 2. The fourth-order valence-electron chi connectivity index (χ4n) is 3.43. The fourth-order valence-corrected chi connectivity index (χ4v) is 6.21. The molecule has 0 amide bonds. The summed E-state index contributed by atoms with van der Waals surface area (Å²) in [5.41, 5.74) is 0. The van der Waals surface area contributed by atoms with Crippen molar-refractivity contribution < 1.29 is 13.7 Å². The SMILES string of the molecule is CCCCCCCCCCC[P+](O)(c1ccc(F)cc1)c1ccc(F)cc1. The minimum Gasteiger partial charge on any atom is -0.241 e. The van der Waals surface area contributed by atoms with Crippen molar-refractivity contribution >= 4 is 18.1 Å². The van der Waals surface area contributed by atoms with Crippen LogP contribution in [0.5, 0.6) is 0 Å². The first-order chi connectivity index (χ1) is 13.1. The number of hydrogen-bond acceptors (Lipinski definition) is 1. The minimum absolute atomic E-state index is 0.313. The summed E-state index contributed by atoms with van der Waals surface area (Å²) in [6.07, 6.45) is 11.6. The van der Waals surface area contributed by atoms with Gasteiger partial charge < -0.3 is 0 Å². The van der Waals surface area contributed by atoms with Gasteiger partial charge in [0, 0.05) is 0 Å². The second-order valence-corrected chi connectivity index (χ2v) is 10.3. The third-order valence-corrected chi connectivity index (χ3v) is 8.36. The molecule has 0 unspecified atom stereocenters. The van der Waals surface area contributed by atoms with E-state index < -0.39 is 7.49 Å². The van der Waals surface area contributed by atoms with E-state index in [9.17, 15) is 13.7 Å². The van der Waals surface area contributed by atoms with Crippen LogP contribution in [0.2, 0.25) is 0 Å². The predicted octanol–water partition coefficient (Wildman–Crippen LogP) is 6.37. The molecule has 148 valence electrons. The Morgan fingerprint density at radius 2 is 1.00 bits per heavy atom. The minimum atomic E-state index is -2.62. The summed E-state index contributed by atoms with van der Waals surface area (Å²) >= 11 is 0. The molecule has 0 heterocycles. The van der Waals surface area contributed by atoms with Gasteiger partial charge in [0.2, 0.25) is 7.49 Å². The third-order valence-electron chi connectivity index (χ3n) is 5.09. The molecule has 0 aliphatic rings. The van der Waals surface area contributed by atoms with E-state index in [1.807, 2.05) is 0 Å². The standard InChI is InChI=1S/C23H32F2OP/c1-2-3-4-5-6-7-8-9-10-19-27(26,22-15-11-20(24)12-16-22)23-17-13-21(25)14-18-23/h11-18,26H,2-10,19H2,1H3/q+1. The van der Waals surface area contributed by atoms with E-state index in [4.69, 9.17) is 0 Å². The fraction of sp³-hybridized carbons (Fsp3) is 0.478. The lowest BCUT2D eigenvalue weighted by Crippen LogP contribution is -2.24. The van der Waals surface area contributed by atoms with Crippen molar-refractivity contribution in [3.05, 3.63) is 60.2 Å². The lowest BCUT2D eigenvalue weighted by Gasteiger charge is -2.20. The summed E-state index contributed by atoms with van der Waals surface area (Å²) in [5, 5.41) is 1.52. The molecule has 0 atom stereocenters. The summed E-state index contributed by atoms with van der Waals surface area (Å²) in [4.78, 5) is 11.5. The average molecular weight is 393 g/mol. The van der Waals surface area contributed by atoms with E-state index in [1.165, 1.54) is 69.2 Å². The maximum Gasteiger partial charge on any atom is 0.206 e. The first-order valence-electron chi connectivity index (χ1n) is 10.2. The highest BCUT2D eigenvalue weighted by Crippen LogP contribution is 2.52. The van der Waals surface area contributed by atoms with Gasteiger partial charge in [-0.2, -0.15) is 0 Å². The van der Waals surface area contributed by atoms with Crippen molar-refractivity contribution in [3.8, 4) is 0 Å². The van der Waals surface area contributed by atoms with Gasteiger partial charge in [-0.05, 0) is 61.4 Å². The van der Waals surface area contributed by atoms with E-state index in [2.05, 4.69) is 6.92 Å². The Hall–Kier alpha value is -1.31. The number of halogens is 2. The van der Waals surface area contributed by atoms with Crippen LogP contribution in [0.4, 0.5) is 8.78 Å². The van der Waals surface area contributed by atoms with Crippen LogP contribution in [0.15, 0.2) is 48.5 Å². The van der Waals surface area contributed by atoms with Gasteiger partial charge in [0.05, 0.1) is 6.16 Å². The van der Waals surface area contributed by atoms with Gasteiger partial charge in [-0.25, -0.2) is 13.7 Å². The third kappa shape index (κ3) is 6.97. The van der Waals surface area contributed by atoms with Gasteiger partial charge >= 0.3 is 0 Å². The molecule has 4 heteroatoms. The van der Waals surface area contributed by atoms with Crippen LogP contribution >= 0.6 is 7.49 Å². The molecule has 1 N–H and O–H groups in total. The molecule has 2 aromatic rings. The highest BCUT2D eigenvalue weighted by molar-refractivity contribution is 7.84. The molecule has 0 saturated heterocycles. The second-order valence-electron chi connectivity index (χ2n) is 7.27. The van der Waals surface area contributed by atoms with E-state index in [1.54, 1.807) is 24.3 Å². The molecular formula is C23H32F2OP+. The number of hydrogen-bond donors (Lipinski definition) is 1. The van der Waals surface area contributed by atoms with Gasteiger partial charge in [-0.1, -0.05) is 51.9 Å². The van der Waals surface area contributed by atoms with Crippen LogP contribution in [0.1, 0.15) is 64.7 Å². The Labute approximate surface area is 163 Å². The van der Waals surface area contributed by atoms with Crippen LogP contribution in [0.25, 0.3) is 0 Å². The van der Waals surface area contributed by atoms with Crippen molar-refractivity contribution in [2.75, 3.05) is 6.16 Å². The smallest absolute Gasteiger partial charge is 0.206 e. The molecule has 0 aliphatic carbocycles. The molecule has 0 radical (unpaired) electrons. The maximum atomic E-state index is 13.3. The Morgan fingerprint density at radius 1 is 0.630 bits per heavy atom. The monoisotopic (exact) mass is 393 g/mol. The molecule has 0 spiro atoms. The Bertz CT molecular complexity index is 610. The summed E-state index contributed by atoms with van der Waals surface area (Å²) in [6.45, 7) is 2.23. The Balaban J connectivity index is 1.93. The normalized spacial score (nSPS) is 11.7. The van der Waals surface area contributed by atoms with Crippen LogP contribution in [0.3, 0.4) is 0 Å². The lowest BCUT2D eigenvalue weighted by molar-refractivity contribution is 0.567. The first-order valence-corrected chi connectivity index (χ1v) is 12.1. The molecule has 0 aromatic heterocycles. The Kier molecular flexibility index (Phi) is 9.38. The zero-order valence-electron chi connectivity index (χ0n) is 16.3. The molecule has 2 aromatic carbocycles. The summed E-state index contributed by atoms with van der Waals surface area (Å²) in [7, 11) is -2.62. The maximum absolute atomic E-state index is 13.3. The molecule has 0 bridgehead atoms. The number of rotatable bonds is 12. The van der Waals surface area contributed by atoms with Crippen molar-refractivity contribution in [3.63, 3.8) is 0 Å². The molecule has 2 rings (SSSR count). The van der Waals surface area contributed by atoms with E-state index in [0.29, 0.717) is 6.16 Å². The van der Waals surface area contributed by atoms with Crippen LogP contribution in [0, 0.1) is 11.6 Å².